The Kier molecular flexibility index (Phi) is 3.23. The molecule has 1 aliphatic heterocycles. The van der Waals surface area contributed by atoms with Crippen LogP contribution in [-0.2, 0) is 0 Å². The van der Waals surface area contributed by atoms with Crippen LogP contribution in [0.1, 0.15) is 44.9 Å². The van der Waals surface area contributed by atoms with Gasteiger partial charge >= 0.3 is 0 Å². The maximum absolute atomic E-state index is 5.99. The molecule has 2 rings (SSSR count). The highest BCUT2D eigenvalue weighted by molar-refractivity contribution is 4.82. The number of likely N-dealkylation sites (tertiary alicyclic amines) is 1. The Labute approximate surface area is 81.5 Å². The van der Waals surface area contributed by atoms with Crippen LogP contribution in [0.4, 0.5) is 0 Å². The van der Waals surface area contributed by atoms with Crippen molar-refractivity contribution in [2.45, 2.75) is 57.0 Å². The third-order valence-corrected chi connectivity index (χ3v) is 3.58. The molecule has 2 N–H and O–H groups in total. The second-order valence-corrected chi connectivity index (χ2v) is 4.69. The van der Waals surface area contributed by atoms with Crippen molar-refractivity contribution < 1.29 is 0 Å². The number of nitrogens with zero attached hydrogens (tertiary/aromatic N) is 1. The summed E-state index contributed by atoms with van der Waals surface area (Å²) in [6.07, 6.45) is 9.74. The monoisotopic (exact) mass is 182 g/mol. The molecule has 1 saturated heterocycles. The summed E-state index contributed by atoms with van der Waals surface area (Å²) in [5.41, 5.74) is 5.99. The van der Waals surface area contributed by atoms with Crippen LogP contribution in [0.2, 0.25) is 0 Å². The summed E-state index contributed by atoms with van der Waals surface area (Å²) in [5.74, 6) is 0. The first-order valence-corrected chi connectivity index (χ1v) is 5.86. The molecule has 2 fully saturated rings. The van der Waals surface area contributed by atoms with Crippen LogP contribution in [0, 0.1) is 0 Å². The normalized spacial score (nSPS) is 33.5. The van der Waals surface area contributed by atoms with Crippen molar-refractivity contribution in [1.29, 1.82) is 0 Å². The van der Waals surface area contributed by atoms with Crippen LogP contribution in [0.25, 0.3) is 0 Å². The summed E-state index contributed by atoms with van der Waals surface area (Å²) < 4.78 is 0. The van der Waals surface area contributed by atoms with E-state index in [1.807, 2.05) is 0 Å². The summed E-state index contributed by atoms with van der Waals surface area (Å²) in [7, 11) is 0. The lowest BCUT2D eigenvalue weighted by atomic mass is 9.92. The lowest BCUT2D eigenvalue weighted by Gasteiger charge is -2.38. The van der Waals surface area contributed by atoms with Gasteiger partial charge in [0, 0.05) is 18.6 Å². The van der Waals surface area contributed by atoms with E-state index in [2.05, 4.69) is 4.90 Å². The Balaban J connectivity index is 1.83. The van der Waals surface area contributed by atoms with Gasteiger partial charge in [0.25, 0.3) is 0 Å². The molecule has 0 spiro atoms. The first-order chi connectivity index (χ1) is 6.36. The Morgan fingerprint density at radius 3 is 2.38 bits per heavy atom. The third-order valence-electron chi connectivity index (χ3n) is 3.58. The zero-order chi connectivity index (χ0) is 9.10. The zero-order valence-electron chi connectivity index (χ0n) is 8.54. The summed E-state index contributed by atoms with van der Waals surface area (Å²) in [4.78, 5) is 2.65. The van der Waals surface area contributed by atoms with Gasteiger partial charge in [-0.2, -0.15) is 0 Å². The summed E-state index contributed by atoms with van der Waals surface area (Å²) in [6, 6.07) is 1.33. The lowest BCUT2D eigenvalue weighted by molar-refractivity contribution is 0.120. The minimum Gasteiger partial charge on any atom is -0.327 e. The molecular formula is C11H22N2. The molecule has 0 aromatic carbocycles. The van der Waals surface area contributed by atoms with Crippen molar-refractivity contribution in [2.24, 2.45) is 5.73 Å². The Bertz CT molecular complexity index is 152. The molecule has 1 heterocycles. The number of piperidine rings is 1. The van der Waals surface area contributed by atoms with Gasteiger partial charge in [-0.1, -0.05) is 19.3 Å². The molecule has 1 atom stereocenters. The van der Waals surface area contributed by atoms with E-state index in [4.69, 9.17) is 5.73 Å². The van der Waals surface area contributed by atoms with E-state index < -0.39 is 0 Å². The maximum Gasteiger partial charge on any atom is 0.0168 e. The van der Waals surface area contributed by atoms with Crippen LogP contribution in [0.3, 0.4) is 0 Å². The van der Waals surface area contributed by atoms with E-state index in [0.717, 1.165) is 12.6 Å². The van der Waals surface area contributed by atoms with Crippen LogP contribution in [0.15, 0.2) is 0 Å². The molecule has 2 nitrogen and oxygen atoms in total. The molecule has 0 aromatic rings. The molecule has 0 amide bonds. The Morgan fingerprint density at radius 1 is 0.923 bits per heavy atom. The molecule has 1 aliphatic carbocycles. The van der Waals surface area contributed by atoms with Crippen LogP contribution >= 0.6 is 0 Å². The predicted molar refractivity (Wildman–Crippen MR) is 55.7 cm³/mol. The van der Waals surface area contributed by atoms with Gasteiger partial charge in [0.05, 0.1) is 0 Å². The van der Waals surface area contributed by atoms with E-state index in [1.54, 1.807) is 0 Å². The maximum atomic E-state index is 5.99. The summed E-state index contributed by atoms with van der Waals surface area (Å²) >= 11 is 0. The highest BCUT2D eigenvalue weighted by atomic mass is 15.2. The molecule has 0 radical (unpaired) electrons. The summed E-state index contributed by atoms with van der Waals surface area (Å²) in [6.45, 7) is 2.46. The SMILES string of the molecule is N[C@H]1CCCN(C2CCCCC2)C1. The van der Waals surface area contributed by atoms with Gasteiger partial charge in [-0.3, -0.25) is 4.90 Å². The second-order valence-electron chi connectivity index (χ2n) is 4.69. The van der Waals surface area contributed by atoms with E-state index in [1.165, 1.54) is 51.5 Å². The van der Waals surface area contributed by atoms with E-state index in [9.17, 15) is 0 Å². The van der Waals surface area contributed by atoms with Gasteiger partial charge in [-0.25, -0.2) is 0 Å². The standard InChI is InChI=1S/C11H22N2/c12-10-5-4-8-13(9-10)11-6-2-1-3-7-11/h10-11H,1-9,12H2/t10-/m0/s1. The van der Waals surface area contributed by atoms with Gasteiger partial charge in [-0.15, -0.1) is 0 Å². The van der Waals surface area contributed by atoms with Crippen LogP contribution in [0.5, 0.6) is 0 Å². The third kappa shape index (κ3) is 2.44. The number of hydrogen-bond acceptors (Lipinski definition) is 2. The molecule has 0 unspecified atom stereocenters. The second kappa shape index (κ2) is 4.43. The number of rotatable bonds is 1. The number of nitrogens with two attached hydrogens (primary N) is 1. The van der Waals surface area contributed by atoms with Gasteiger partial charge in [0.15, 0.2) is 0 Å². The molecular weight excluding hydrogens is 160 g/mol. The molecule has 76 valence electrons. The highest BCUT2D eigenvalue weighted by Crippen LogP contribution is 2.24. The minimum atomic E-state index is 0.454. The molecule has 0 aromatic heterocycles. The molecule has 0 bridgehead atoms. The molecule has 13 heavy (non-hydrogen) atoms. The van der Waals surface area contributed by atoms with Crippen molar-refractivity contribution in [2.75, 3.05) is 13.1 Å². The van der Waals surface area contributed by atoms with E-state index in [-0.39, 0.29) is 0 Å². The molecule has 2 heteroatoms. The minimum absolute atomic E-state index is 0.454. The van der Waals surface area contributed by atoms with E-state index in [0.29, 0.717) is 6.04 Å². The fraction of sp³-hybridized carbons (Fsp3) is 1.00. The predicted octanol–water partition coefficient (Wildman–Crippen LogP) is 1.74. The van der Waals surface area contributed by atoms with Crippen molar-refractivity contribution in [1.82, 2.24) is 4.90 Å². The van der Waals surface area contributed by atoms with Gasteiger partial charge in [-0.05, 0) is 32.2 Å². The van der Waals surface area contributed by atoms with Crippen molar-refractivity contribution in [3.05, 3.63) is 0 Å². The first-order valence-electron chi connectivity index (χ1n) is 5.86. The molecule has 2 aliphatic rings. The van der Waals surface area contributed by atoms with E-state index >= 15 is 0 Å². The zero-order valence-corrected chi connectivity index (χ0v) is 8.54. The highest BCUT2D eigenvalue weighted by Gasteiger charge is 2.24. The van der Waals surface area contributed by atoms with Crippen molar-refractivity contribution >= 4 is 0 Å². The Hall–Kier alpha value is -0.0800. The average Bonchev–Trinajstić information content (AvgIpc) is 2.19. The molecule has 1 saturated carbocycles. The van der Waals surface area contributed by atoms with Crippen LogP contribution in [-0.4, -0.2) is 30.1 Å². The fourth-order valence-corrected chi connectivity index (χ4v) is 2.82. The fourth-order valence-electron chi connectivity index (χ4n) is 2.82. The van der Waals surface area contributed by atoms with Gasteiger partial charge in [0.1, 0.15) is 0 Å². The van der Waals surface area contributed by atoms with Crippen LogP contribution < -0.4 is 5.73 Å². The van der Waals surface area contributed by atoms with Gasteiger partial charge in [0.2, 0.25) is 0 Å². The summed E-state index contributed by atoms with van der Waals surface area (Å²) in [5, 5.41) is 0. The lowest BCUT2D eigenvalue weighted by Crippen LogP contribution is -2.48. The Morgan fingerprint density at radius 2 is 1.69 bits per heavy atom. The van der Waals surface area contributed by atoms with Crippen molar-refractivity contribution in [3.8, 4) is 0 Å². The number of hydrogen-bond donors (Lipinski definition) is 1. The first kappa shape index (κ1) is 9.47. The van der Waals surface area contributed by atoms with Crippen molar-refractivity contribution in [3.63, 3.8) is 0 Å². The van der Waals surface area contributed by atoms with Gasteiger partial charge < -0.3 is 5.73 Å². The quantitative estimate of drug-likeness (QED) is 0.669. The topological polar surface area (TPSA) is 29.3 Å². The average molecular weight is 182 g/mol. The smallest absolute Gasteiger partial charge is 0.0168 e. The largest absolute Gasteiger partial charge is 0.327 e.